The third kappa shape index (κ3) is 3.51. The monoisotopic (exact) mass is 436 g/mol. The molecule has 0 saturated heterocycles. The quantitative estimate of drug-likeness (QED) is 0.521. The number of aromatic nitrogens is 4. The van der Waals surface area contributed by atoms with Crippen LogP contribution in [0.4, 0.5) is 17.6 Å². The highest BCUT2D eigenvalue weighted by molar-refractivity contribution is 5.97. The van der Waals surface area contributed by atoms with Crippen molar-refractivity contribution < 1.29 is 9.53 Å². The third-order valence-electron chi connectivity index (χ3n) is 5.73. The first-order chi connectivity index (χ1) is 16.1. The zero-order valence-corrected chi connectivity index (χ0v) is 17.8. The van der Waals surface area contributed by atoms with E-state index in [1.165, 1.54) is 0 Å². The third-order valence-corrected chi connectivity index (χ3v) is 5.73. The summed E-state index contributed by atoms with van der Waals surface area (Å²) in [7, 11) is 0. The average Bonchev–Trinajstić information content (AvgIpc) is 3.24. The van der Waals surface area contributed by atoms with Crippen LogP contribution in [0, 0.1) is 6.92 Å². The van der Waals surface area contributed by atoms with Gasteiger partial charge in [-0.1, -0.05) is 24.3 Å². The standard InChI is InChI=1S/C25H20N6O2/c1-14-12-22(31-30-14)28-23-18-8-4-5-9-20(18)27-25(29-23)26-15-10-11-21-19(13-15)16-6-2-3-7-17(16)24(32)33-21/h2-5,7-13,21H,6H2,1H3,(H3,26,27,28,29,30,31). The van der Waals surface area contributed by atoms with E-state index in [1.807, 2.05) is 73.7 Å². The summed E-state index contributed by atoms with van der Waals surface area (Å²) < 4.78 is 5.59. The van der Waals surface area contributed by atoms with Gasteiger partial charge < -0.3 is 15.4 Å². The smallest absolute Gasteiger partial charge is 0.339 e. The Labute approximate surface area is 189 Å². The Morgan fingerprint density at radius 1 is 1.18 bits per heavy atom. The molecule has 8 heteroatoms. The molecule has 1 aliphatic heterocycles. The number of para-hydroxylation sites is 1. The molecule has 3 heterocycles. The van der Waals surface area contributed by atoms with E-state index in [0.717, 1.165) is 33.4 Å². The lowest BCUT2D eigenvalue weighted by atomic mass is 9.86. The van der Waals surface area contributed by atoms with Crippen molar-refractivity contribution in [3.63, 3.8) is 0 Å². The maximum Gasteiger partial charge on any atom is 0.339 e. The Hall–Kier alpha value is -4.46. The minimum Gasteiger partial charge on any atom is -0.450 e. The number of allylic oxidation sites excluding steroid dienone is 4. The molecule has 0 bridgehead atoms. The average molecular weight is 436 g/mol. The van der Waals surface area contributed by atoms with Crippen molar-refractivity contribution in [3.8, 4) is 0 Å². The van der Waals surface area contributed by atoms with Crippen LogP contribution in [0.5, 0.6) is 0 Å². The van der Waals surface area contributed by atoms with E-state index in [9.17, 15) is 4.79 Å². The fraction of sp³-hybridized carbons (Fsp3) is 0.120. The number of benzene rings is 1. The Balaban J connectivity index is 1.36. The normalized spacial score (nSPS) is 18.9. The minimum absolute atomic E-state index is 0.278. The van der Waals surface area contributed by atoms with Crippen molar-refractivity contribution in [2.45, 2.75) is 19.4 Å². The first-order valence-electron chi connectivity index (χ1n) is 10.7. The van der Waals surface area contributed by atoms with Crippen molar-refractivity contribution >= 4 is 34.5 Å². The lowest BCUT2D eigenvalue weighted by molar-refractivity contribution is -0.141. The second kappa shape index (κ2) is 7.59. The van der Waals surface area contributed by atoms with Crippen LogP contribution in [-0.2, 0) is 9.53 Å². The predicted octanol–water partition coefficient (Wildman–Crippen LogP) is 4.38. The van der Waals surface area contributed by atoms with Crippen molar-refractivity contribution in [2.75, 3.05) is 10.6 Å². The zero-order valence-electron chi connectivity index (χ0n) is 17.8. The number of carbonyl (C=O) groups is 1. The highest BCUT2D eigenvalue weighted by Gasteiger charge is 2.32. The van der Waals surface area contributed by atoms with E-state index >= 15 is 0 Å². The summed E-state index contributed by atoms with van der Waals surface area (Å²) in [5, 5.41) is 14.7. The van der Waals surface area contributed by atoms with Crippen LogP contribution in [0.3, 0.4) is 0 Å². The second-order valence-corrected chi connectivity index (χ2v) is 8.03. The van der Waals surface area contributed by atoms with Gasteiger partial charge in [0.1, 0.15) is 11.9 Å². The van der Waals surface area contributed by atoms with Crippen molar-refractivity contribution in [2.24, 2.45) is 0 Å². The number of rotatable bonds is 4. The maximum atomic E-state index is 12.3. The number of ether oxygens (including phenoxy) is 1. The van der Waals surface area contributed by atoms with Crippen LogP contribution in [0.1, 0.15) is 12.1 Å². The number of nitrogens with one attached hydrogen (secondary N) is 3. The number of aryl methyl sites for hydroxylation is 1. The summed E-state index contributed by atoms with van der Waals surface area (Å²) in [5.74, 6) is 1.52. The number of carbonyl (C=O) groups excluding carboxylic acids is 1. The summed E-state index contributed by atoms with van der Waals surface area (Å²) >= 11 is 0. The number of esters is 1. The van der Waals surface area contributed by atoms with Crippen LogP contribution < -0.4 is 10.6 Å². The van der Waals surface area contributed by atoms with Gasteiger partial charge in [0.25, 0.3) is 0 Å². The number of hydrogen-bond donors (Lipinski definition) is 3. The van der Waals surface area contributed by atoms with Crippen molar-refractivity contribution in [3.05, 3.63) is 94.9 Å². The van der Waals surface area contributed by atoms with Crippen LogP contribution in [0.15, 0.2) is 89.2 Å². The van der Waals surface area contributed by atoms with Crippen molar-refractivity contribution in [1.29, 1.82) is 0 Å². The van der Waals surface area contributed by atoms with Gasteiger partial charge in [0.15, 0.2) is 5.82 Å². The Morgan fingerprint density at radius 2 is 2.09 bits per heavy atom. The van der Waals surface area contributed by atoms with E-state index < -0.39 is 0 Å². The Morgan fingerprint density at radius 3 is 2.97 bits per heavy atom. The molecule has 0 amide bonds. The molecule has 1 atom stereocenters. The summed E-state index contributed by atoms with van der Waals surface area (Å²) in [6, 6.07) is 9.73. The number of nitrogens with zero attached hydrogens (tertiary/aromatic N) is 3. The van der Waals surface area contributed by atoms with Gasteiger partial charge in [-0.25, -0.2) is 9.78 Å². The van der Waals surface area contributed by atoms with Gasteiger partial charge in [0, 0.05) is 28.4 Å². The van der Waals surface area contributed by atoms with Crippen LogP contribution in [0.2, 0.25) is 0 Å². The summed E-state index contributed by atoms with van der Waals surface area (Å²) in [6.07, 6.45) is 11.8. The van der Waals surface area contributed by atoms with E-state index in [0.29, 0.717) is 29.6 Å². The predicted molar refractivity (Wildman–Crippen MR) is 126 cm³/mol. The number of hydrogen-bond acceptors (Lipinski definition) is 7. The topological polar surface area (TPSA) is 105 Å². The van der Waals surface area contributed by atoms with Gasteiger partial charge in [-0.15, -0.1) is 0 Å². The molecule has 0 radical (unpaired) electrons. The summed E-state index contributed by atoms with van der Waals surface area (Å²) in [6.45, 7) is 1.94. The highest BCUT2D eigenvalue weighted by Crippen LogP contribution is 2.36. The van der Waals surface area contributed by atoms with E-state index in [2.05, 4.69) is 25.8 Å². The van der Waals surface area contributed by atoms with Gasteiger partial charge in [-0.2, -0.15) is 10.1 Å². The molecule has 162 valence electrons. The molecule has 1 aromatic carbocycles. The Bertz CT molecular complexity index is 1460. The Kier molecular flexibility index (Phi) is 4.43. The fourth-order valence-electron chi connectivity index (χ4n) is 4.20. The first-order valence-corrected chi connectivity index (χ1v) is 10.7. The van der Waals surface area contributed by atoms with E-state index in [4.69, 9.17) is 9.72 Å². The summed E-state index contributed by atoms with van der Waals surface area (Å²) in [4.78, 5) is 21.7. The van der Waals surface area contributed by atoms with E-state index in [1.54, 1.807) is 0 Å². The molecule has 6 rings (SSSR count). The molecule has 33 heavy (non-hydrogen) atoms. The molecule has 0 fully saturated rings. The van der Waals surface area contributed by atoms with Gasteiger partial charge in [-0.05, 0) is 55.4 Å². The lowest BCUT2D eigenvalue weighted by Gasteiger charge is -2.30. The molecule has 2 aromatic heterocycles. The van der Waals surface area contributed by atoms with Gasteiger partial charge in [0.05, 0.1) is 11.1 Å². The first kappa shape index (κ1) is 19.2. The van der Waals surface area contributed by atoms with Crippen molar-refractivity contribution in [1.82, 2.24) is 20.2 Å². The molecule has 2 aliphatic carbocycles. The van der Waals surface area contributed by atoms with Gasteiger partial charge >= 0.3 is 5.97 Å². The largest absolute Gasteiger partial charge is 0.450 e. The molecule has 3 aromatic rings. The molecular formula is C25H20N6O2. The number of aromatic amines is 1. The molecule has 3 N–H and O–H groups in total. The number of H-pyrrole nitrogens is 1. The molecule has 0 spiro atoms. The maximum absolute atomic E-state index is 12.3. The fourth-order valence-corrected chi connectivity index (χ4v) is 4.20. The molecule has 0 saturated carbocycles. The highest BCUT2D eigenvalue weighted by atomic mass is 16.5. The number of anilines is 3. The summed E-state index contributed by atoms with van der Waals surface area (Å²) in [5.41, 5.74) is 5.17. The van der Waals surface area contributed by atoms with Gasteiger partial charge in [0.2, 0.25) is 5.95 Å². The zero-order chi connectivity index (χ0) is 22.4. The van der Waals surface area contributed by atoms with E-state index in [-0.39, 0.29) is 12.1 Å². The molecule has 3 aliphatic rings. The SMILES string of the molecule is Cc1cc(Nc2nc(NC3=CC4=C5CC=CC=C5C(=O)OC4C=C3)nc3ccccc23)n[nH]1. The second-order valence-electron chi connectivity index (χ2n) is 8.03. The van der Waals surface area contributed by atoms with Gasteiger partial charge in [-0.3, -0.25) is 5.10 Å². The lowest BCUT2D eigenvalue weighted by Crippen LogP contribution is -2.29. The van der Waals surface area contributed by atoms with Crippen LogP contribution in [-0.4, -0.2) is 32.2 Å². The van der Waals surface area contributed by atoms with Crippen LogP contribution in [0.25, 0.3) is 10.9 Å². The molecular weight excluding hydrogens is 416 g/mol. The molecule has 1 unspecified atom stereocenters. The number of fused-ring (bicyclic) bond motifs is 3. The molecule has 8 nitrogen and oxygen atoms in total. The minimum atomic E-state index is -0.376. The van der Waals surface area contributed by atoms with Crippen LogP contribution >= 0.6 is 0 Å².